The first-order valence-electron chi connectivity index (χ1n) is 4.78. The van der Waals surface area contributed by atoms with E-state index in [1.54, 1.807) is 12.1 Å². The van der Waals surface area contributed by atoms with Crippen LogP contribution in [0.1, 0.15) is 0 Å². The molecule has 0 bridgehead atoms. The maximum absolute atomic E-state index is 5.84. The third-order valence-electron chi connectivity index (χ3n) is 2.03. The fraction of sp³-hybridized carbons (Fsp3) is 0.0909. The maximum atomic E-state index is 5.84. The molecule has 0 aliphatic heterocycles. The first-order valence-corrected chi connectivity index (χ1v) is 6.80. The summed E-state index contributed by atoms with van der Waals surface area (Å²) < 4.78 is 6.44. The minimum atomic E-state index is 0.475. The van der Waals surface area contributed by atoms with Gasteiger partial charge in [0.2, 0.25) is 5.88 Å². The maximum Gasteiger partial charge on any atom is 0.223 e. The van der Waals surface area contributed by atoms with Gasteiger partial charge in [-0.25, -0.2) is 9.97 Å². The number of hydrogen-bond acceptors (Lipinski definition) is 5. The first kappa shape index (κ1) is 12.2. The highest BCUT2D eigenvalue weighted by Crippen LogP contribution is 2.34. The second-order valence-electron chi connectivity index (χ2n) is 3.16. The Hall–Kier alpha value is -1.27. The van der Waals surface area contributed by atoms with E-state index in [0.717, 1.165) is 9.50 Å². The molecule has 2 aromatic rings. The number of anilines is 1. The molecule has 1 heterocycles. The van der Waals surface area contributed by atoms with Crippen molar-refractivity contribution in [3.8, 4) is 11.6 Å². The molecule has 0 saturated heterocycles. The fourth-order valence-electron chi connectivity index (χ4n) is 1.23. The van der Waals surface area contributed by atoms with Crippen molar-refractivity contribution in [2.24, 2.45) is 0 Å². The number of aromatic nitrogens is 2. The largest absolute Gasteiger partial charge is 0.436 e. The lowest BCUT2D eigenvalue weighted by Crippen LogP contribution is -1.95. The average molecular weight is 312 g/mol. The minimum absolute atomic E-state index is 0.475. The van der Waals surface area contributed by atoms with Crippen molar-refractivity contribution in [3.05, 3.63) is 35.1 Å². The molecule has 2 rings (SSSR count). The van der Waals surface area contributed by atoms with Crippen LogP contribution in [0.4, 0.5) is 5.69 Å². The second-order valence-corrected chi connectivity index (χ2v) is 4.84. The van der Waals surface area contributed by atoms with Gasteiger partial charge in [-0.2, -0.15) is 0 Å². The molecule has 0 atom stereocenters. The second kappa shape index (κ2) is 5.37. The lowest BCUT2D eigenvalue weighted by molar-refractivity contribution is 0.458. The SMILES string of the molecule is CSc1cc(Oc2c(N)cccc2Br)ncn1. The molecule has 0 amide bonds. The summed E-state index contributed by atoms with van der Waals surface area (Å²) in [7, 11) is 0. The van der Waals surface area contributed by atoms with Gasteiger partial charge in [0.1, 0.15) is 11.4 Å². The Labute approximate surface area is 112 Å². The highest BCUT2D eigenvalue weighted by atomic mass is 79.9. The zero-order valence-corrected chi connectivity index (χ0v) is 11.5. The van der Waals surface area contributed by atoms with Gasteiger partial charge in [-0.3, -0.25) is 0 Å². The van der Waals surface area contributed by atoms with Gasteiger partial charge < -0.3 is 10.5 Å². The molecular formula is C11H10BrN3OS. The fourth-order valence-corrected chi connectivity index (χ4v) is 2.06. The van der Waals surface area contributed by atoms with Gasteiger partial charge in [0.05, 0.1) is 10.2 Å². The van der Waals surface area contributed by atoms with Gasteiger partial charge in [-0.05, 0) is 34.3 Å². The topological polar surface area (TPSA) is 61.0 Å². The van der Waals surface area contributed by atoms with Crippen molar-refractivity contribution in [1.82, 2.24) is 9.97 Å². The van der Waals surface area contributed by atoms with E-state index in [1.807, 2.05) is 18.4 Å². The van der Waals surface area contributed by atoms with Gasteiger partial charge in [0.25, 0.3) is 0 Å². The number of benzene rings is 1. The molecule has 2 N–H and O–H groups in total. The molecule has 1 aromatic heterocycles. The molecule has 88 valence electrons. The molecular weight excluding hydrogens is 302 g/mol. The van der Waals surface area contributed by atoms with E-state index in [-0.39, 0.29) is 0 Å². The number of ether oxygens (including phenoxy) is 1. The van der Waals surface area contributed by atoms with Crippen LogP contribution in [0.2, 0.25) is 0 Å². The van der Waals surface area contributed by atoms with Crippen molar-refractivity contribution in [2.45, 2.75) is 5.03 Å². The predicted molar refractivity (Wildman–Crippen MR) is 72.4 cm³/mol. The Morgan fingerprint density at radius 2 is 2.18 bits per heavy atom. The predicted octanol–water partition coefficient (Wildman–Crippen LogP) is 3.34. The molecule has 17 heavy (non-hydrogen) atoms. The summed E-state index contributed by atoms with van der Waals surface area (Å²) in [5.41, 5.74) is 6.40. The van der Waals surface area contributed by atoms with Gasteiger partial charge in [0, 0.05) is 6.07 Å². The number of nitrogen functional groups attached to an aromatic ring is 1. The summed E-state index contributed by atoms with van der Waals surface area (Å²) in [5, 5.41) is 0.848. The van der Waals surface area contributed by atoms with Crippen molar-refractivity contribution in [3.63, 3.8) is 0 Å². The normalized spacial score (nSPS) is 10.2. The summed E-state index contributed by atoms with van der Waals surface area (Å²) in [6, 6.07) is 7.25. The number of thioether (sulfide) groups is 1. The molecule has 0 aliphatic rings. The third-order valence-corrected chi connectivity index (χ3v) is 3.30. The van der Waals surface area contributed by atoms with Crippen LogP contribution in [-0.2, 0) is 0 Å². The quantitative estimate of drug-likeness (QED) is 0.535. The van der Waals surface area contributed by atoms with Crippen molar-refractivity contribution in [1.29, 1.82) is 0 Å². The number of para-hydroxylation sites is 1. The summed E-state index contributed by atoms with van der Waals surface area (Å²) in [6.45, 7) is 0. The number of halogens is 1. The molecule has 0 fully saturated rings. The van der Waals surface area contributed by atoms with Gasteiger partial charge in [0.15, 0.2) is 5.75 Å². The number of nitrogens with zero attached hydrogens (tertiary/aromatic N) is 2. The third kappa shape index (κ3) is 2.89. The van der Waals surface area contributed by atoms with E-state index < -0.39 is 0 Å². The Balaban J connectivity index is 2.31. The molecule has 1 aromatic carbocycles. The molecule has 0 spiro atoms. The zero-order chi connectivity index (χ0) is 12.3. The van der Waals surface area contributed by atoms with E-state index in [0.29, 0.717) is 17.3 Å². The first-order chi connectivity index (χ1) is 8.20. The summed E-state index contributed by atoms with van der Waals surface area (Å²) in [4.78, 5) is 8.12. The number of rotatable bonds is 3. The monoisotopic (exact) mass is 311 g/mol. The molecule has 6 heteroatoms. The van der Waals surface area contributed by atoms with E-state index in [2.05, 4.69) is 25.9 Å². The summed E-state index contributed by atoms with van der Waals surface area (Å²) in [6.07, 6.45) is 3.41. The standard InChI is InChI=1S/C11H10BrN3OS/c1-17-10-5-9(14-6-15-10)16-11-7(12)3-2-4-8(11)13/h2-6H,13H2,1H3. The van der Waals surface area contributed by atoms with Crippen LogP contribution in [0.5, 0.6) is 11.6 Å². The zero-order valence-electron chi connectivity index (χ0n) is 9.05. The van der Waals surface area contributed by atoms with Crippen LogP contribution in [0, 0.1) is 0 Å². The van der Waals surface area contributed by atoms with Crippen LogP contribution in [0.25, 0.3) is 0 Å². The molecule has 0 radical (unpaired) electrons. The Kier molecular flexibility index (Phi) is 3.86. The van der Waals surface area contributed by atoms with Gasteiger partial charge in [-0.15, -0.1) is 11.8 Å². The summed E-state index contributed by atoms with van der Waals surface area (Å²) in [5.74, 6) is 1.04. The Morgan fingerprint density at radius 3 is 2.88 bits per heavy atom. The highest BCUT2D eigenvalue weighted by molar-refractivity contribution is 9.10. The van der Waals surface area contributed by atoms with Crippen LogP contribution in [-0.4, -0.2) is 16.2 Å². The lowest BCUT2D eigenvalue weighted by atomic mass is 10.3. The Bertz CT molecular complexity index is 516. The van der Waals surface area contributed by atoms with Gasteiger partial charge >= 0.3 is 0 Å². The average Bonchev–Trinajstić information content (AvgIpc) is 2.34. The number of nitrogens with two attached hydrogens (primary N) is 1. The smallest absolute Gasteiger partial charge is 0.223 e. The van der Waals surface area contributed by atoms with Crippen LogP contribution >= 0.6 is 27.7 Å². The van der Waals surface area contributed by atoms with E-state index in [4.69, 9.17) is 10.5 Å². The minimum Gasteiger partial charge on any atom is -0.436 e. The summed E-state index contributed by atoms with van der Waals surface area (Å²) >= 11 is 4.91. The molecule has 0 saturated carbocycles. The van der Waals surface area contributed by atoms with Crippen LogP contribution in [0.3, 0.4) is 0 Å². The number of hydrogen-bond donors (Lipinski definition) is 1. The van der Waals surface area contributed by atoms with Gasteiger partial charge in [-0.1, -0.05) is 6.07 Å². The lowest BCUT2D eigenvalue weighted by Gasteiger charge is -2.09. The van der Waals surface area contributed by atoms with Crippen molar-refractivity contribution in [2.75, 3.05) is 12.0 Å². The Morgan fingerprint density at radius 1 is 1.35 bits per heavy atom. The van der Waals surface area contributed by atoms with Crippen LogP contribution in [0.15, 0.2) is 40.1 Å². The van der Waals surface area contributed by atoms with E-state index >= 15 is 0 Å². The molecule has 0 aliphatic carbocycles. The highest BCUT2D eigenvalue weighted by Gasteiger charge is 2.08. The van der Waals surface area contributed by atoms with Crippen molar-refractivity contribution < 1.29 is 4.74 Å². The van der Waals surface area contributed by atoms with E-state index in [9.17, 15) is 0 Å². The van der Waals surface area contributed by atoms with Crippen molar-refractivity contribution >= 4 is 33.4 Å². The molecule has 4 nitrogen and oxygen atoms in total. The molecule has 0 unspecified atom stereocenters. The van der Waals surface area contributed by atoms with Crippen LogP contribution < -0.4 is 10.5 Å². The van der Waals surface area contributed by atoms with E-state index in [1.165, 1.54) is 18.1 Å².